The van der Waals surface area contributed by atoms with Gasteiger partial charge in [0.05, 0.1) is 22.5 Å². The fourth-order valence-corrected chi connectivity index (χ4v) is 4.63. The zero-order valence-corrected chi connectivity index (χ0v) is 20.1. The molecule has 2 N–H and O–H groups in total. The Kier molecular flexibility index (Phi) is 6.60. The number of hydrogen-bond acceptors (Lipinski definition) is 7. The van der Waals surface area contributed by atoms with E-state index in [1.807, 2.05) is 0 Å². The number of aromatic nitrogens is 1. The Morgan fingerprint density at radius 3 is 2.23 bits per heavy atom. The molecule has 3 amide bonds. The Balaban J connectivity index is 1.90. The van der Waals surface area contributed by atoms with Gasteiger partial charge in [-0.3, -0.25) is 14.5 Å². The van der Waals surface area contributed by atoms with Crippen LogP contribution in [0.2, 0.25) is 0 Å². The molecule has 1 saturated heterocycles. The Morgan fingerprint density at radius 1 is 1.09 bits per heavy atom. The minimum Gasteiger partial charge on any atom is -0.323 e. The highest BCUT2D eigenvalue weighted by Crippen LogP contribution is 2.33. The number of benzene rings is 1. The first-order valence-electron chi connectivity index (χ1n) is 9.71. The molecule has 2 heterocycles. The number of carbonyl (C=O) groups is 2. The fraction of sp³-hybridized carbons (Fsp3) is 0.316. The topological polar surface area (TPSA) is 146 Å². The number of rotatable bonds is 7. The summed E-state index contributed by atoms with van der Waals surface area (Å²) in [6.07, 6.45) is 2.44. The second-order valence-electron chi connectivity index (χ2n) is 7.94. The lowest BCUT2D eigenvalue weighted by molar-refractivity contribution is -0.121. The molecule has 0 spiro atoms. The number of urea groups is 1. The summed E-state index contributed by atoms with van der Waals surface area (Å²) >= 11 is 0. The van der Waals surface area contributed by atoms with Crippen molar-refractivity contribution in [3.63, 3.8) is 0 Å². The number of sulfone groups is 1. The van der Waals surface area contributed by atoms with Gasteiger partial charge < -0.3 is 5.32 Å². The summed E-state index contributed by atoms with van der Waals surface area (Å²) < 4.78 is 89.1. The van der Waals surface area contributed by atoms with E-state index in [9.17, 15) is 39.6 Å². The van der Waals surface area contributed by atoms with Gasteiger partial charge in [-0.2, -0.15) is 25.9 Å². The standard InChI is InChI=1S/C19H20F3N5O6S2/c1-18(10-12-8-9-23-11-15(12)25-35(32,33)26(2)3)16(28)27(17(29)24-18)13-4-6-14(7-5-13)34(30,31)19(20,21)22/h4-9,11,25H,10H2,1-3H3,(H,24,29). The summed E-state index contributed by atoms with van der Waals surface area (Å²) in [6, 6.07) is 3.66. The van der Waals surface area contributed by atoms with Crippen LogP contribution in [0.15, 0.2) is 47.6 Å². The van der Waals surface area contributed by atoms with Crippen LogP contribution in [0, 0.1) is 0 Å². The van der Waals surface area contributed by atoms with E-state index in [0.717, 1.165) is 16.4 Å². The lowest BCUT2D eigenvalue weighted by Crippen LogP contribution is -2.46. The van der Waals surface area contributed by atoms with E-state index in [0.29, 0.717) is 22.6 Å². The van der Waals surface area contributed by atoms with Crippen LogP contribution in [-0.4, -0.2) is 63.2 Å². The van der Waals surface area contributed by atoms with E-state index in [-0.39, 0.29) is 17.8 Å². The largest absolute Gasteiger partial charge is 0.501 e. The van der Waals surface area contributed by atoms with Crippen molar-refractivity contribution in [1.82, 2.24) is 14.6 Å². The van der Waals surface area contributed by atoms with E-state index < -0.39 is 47.9 Å². The van der Waals surface area contributed by atoms with Gasteiger partial charge in [0.25, 0.3) is 15.7 Å². The smallest absolute Gasteiger partial charge is 0.323 e. The molecule has 0 aliphatic carbocycles. The van der Waals surface area contributed by atoms with E-state index in [2.05, 4.69) is 15.0 Å². The summed E-state index contributed by atoms with van der Waals surface area (Å²) in [6.45, 7) is 1.39. The van der Waals surface area contributed by atoms with Gasteiger partial charge in [0.2, 0.25) is 0 Å². The van der Waals surface area contributed by atoms with Crippen molar-refractivity contribution in [3.05, 3.63) is 48.3 Å². The highest BCUT2D eigenvalue weighted by Gasteiger charge is 2.50. The van der Waals surface area contributed by atoms with Crippen molar-refractivity contribution < 1.29 is 39.6 Å². The SMILES string of the molecule is CN(C)S(=O)(=O)Nc1cnccc1CC1(C)NC(=O)N(c2ccc(S(=O)(=O)C(F)(F)F)cc2)C1=O. The number of hydrogen-bond donors (Lipinski definition) is 2. The molecule has 190 valence electrons. The number of imide groups is 1. The van der Waals surface area contributed by atoms with Crippen molar-refractivity contribution in [2.45, 2.75) is 29.3 Å². The quantitative estimate of drug-likeness (QED) is 0.513. The minimum absolute atomic E-state index is 0.0737. The zero-order chi connectivity index (χ0) is 26.4. The van der Waals surface area contributed by atoms with E-state index in [1.165, 1.54) is 39.5 Å². The molecule has 1 atom stereocenters. The van der Waals surface area contributed by atoms with Crippen LogP contribution in [0.3, 0.4) is 0 Å². The first-order valence-corrected chi connectivity index (χ1v) is 12.6. The molecule has 1 aromatic carbocycles. The van der Waals surface area contributed by atoms with Crippen molar-refractivity contribution >= 4 is 43.4 Å². The minimum atomic E-state index is -5.60. The van der Waals surface area contributed by atoms with Gasteiger partial charge in [0.1, 0.15) is 5.54 Å². The van der Waals surface area contributed by atoms with Gasteiger partial charge in [-0.25, -0.2) is 18.1 Å². The number of nitrogens with one attached hydrogen (secondary N) is 2. The maximum absolute atomic E-state index is 13.2. The van der Waals surface area contributed by atoms with Crippen molar-refractivity contribution in [2.75, 3.05) is 23.7 Å². The average molecular weight is 536 g/mol. The van der Waals surface area contributed by atoms with Crippen molar-refractivity contribution in [3.8, 4) is 0 Å². The Labute approximate surface area is 199 Å². The lowest BCUT2D eigenvalue weighted by Gasteiger charge is -2.24. The third-order valence-corrected chi connectivity index (χ3v) is 8.09. The van der Waals surface area contributed by atoms with Crippen LogP contribution in [0.25, 0.3) is 0 Å². The molecule has 1 aliphatic heterocycles. The van der Waals surface area contributed by atoms with Crippen LogP contribution < -0.4 is 14.9 Å². The third kappa shape index (κ3) is 4.94. The number of anilines is 2. The van der Waals surface area contributed by atoms with Crippen LogP contribution in [-0.2, 0) is 31.3 Å². The number of halogens is 3. The first kappa shape index (κ1) is 26.4. The molecule has 0 saturated carbocycles. The Hall–Kier alpha value is -3.24. The van der Waals surface area contributed by atoms with Crippen molar-refractivity contribution in [2.24, 2.45) is 0 Å². The maximum Gasteiger partial charge on any atom is 0.501 e. The molecule has 16 heteroatoms. The molecular formula is C19H20F3N5O6S2. The molecule has 1 unspecified atom stereocenters. The highest BCUT2D eigenvalue weighted by atomic mass is 32.2. The first-order chi connectivity index (χ1) is 16.0. The Morgan fingerprint density at radius 2 is 1.69 bits per heavy atom. The molecule has 1 aliphatic rings. The second kappa shape index (κ2) is 8.76. The predicted octanol–water partition coefficient (Wildman–Crippen LogP) is 1.65. The van der Waals surface area contributed by atoms with Gasteiger partial charge in [0.15, 0.2) is 0 Å². The van der Waals surface area contributed by atoms with E-state index in [1.54, 1.807) is 0 Å². The molecule has 1 aromatic heterocycles. The molecule has 35 heavy (non-hydrogen) atoms. The van der Waals surface area contributed by atoms with Crippen LogP contribution in [0.1, 0.15) is 12.5 Å². The van der Waals surface area contributed by atoms with Gasteiger partial charge in [-0.15, -0.1) is 0 Å². The highest BCUT2D eigenvalue weighted by molar-refractivity contribution is 7.92. The number of pyridine rings is 1. The summed E-state index contributed by atoms with van der Waals surface area (Å²) in [7, 11) is -6.89. The lowest BCUT2D eigenvalue weighted by atomic mass is 9.92. The van der Waals surface area contributed by atoms with Crippen LogP contribution in [0.4, 0.5) is 29.3 Å². The van der Waals surface area contributed by atoms with Gasteiger partial charge in [0, 0.05) is 26.7 Å². The normalized spacial score (nSPS) is 19.2. The van der Waals surface area contributed by atoms with Gasteiger partial charge in [-0.1, -0.05) is 0 Å². The molecule has 1 fully saturated rings. The van der Waals surface area contributed by atoms with Gasteiger partial charge >= 0.3 is 21.7 Å². The van der Waals surface area contributed by atoms with Crippen LogP contribution in [0.5, 0.6) is 0 Å². The van der Waals surface area contributed by atoms with Gasteiger partial charge in [-0.05, 0) is 42.8 Å². The van der Waals surface area contributed by atoms with E-state index >= 15 is 0 Å². The summed E-state index contributed by atoms with van der Waals surface area (Å²) in [5, 5.41) is 2.49. The molecule has 0 bridgehead atoms. The molecule has 3 rings (SSSR count). The molecule has 11 nitrogen and oxygen atoms in total. The molecule has 0 radical (unpaired) electrons. The summed E-state index contributed by atoms with van der Waals surface area (Å²) in [5.74, 6) is -0.785. The number of nitrogens with zero attached hydrogens (tertiary/aromatic N) is 3. The van der Waals surface area contributed by atoms with Crippen molar-refractivity contribution in [1.29, 1.82) is 0 Å². The predicted molar refractivity (Wildman–Crippen MR) is 118 cm³/mol. The molecule has 2 aromatic rings. The third-order valence-electron chi connectivity index (χ3n) is 5.15. The monoisotopic (exact) mass is 535 g/mol. The second-order valence-corrected chi connectivity index (χ2v) is 11.8. The zero-order valence-electron chi connectivity index (χ0n) is 18.5. The fourth-order valence-electron chi connectivity index (χ4n) is 3.23. The molecular weight excluding hydrogens is 515 g/mol. The average Bonchev–Trinajstić information content (AvgIpc) is 2.96. The number of amides is 3. The summed E-state index contributed by atoms with van der Waals surface area (Å²) in [5.41, 5.74) is -6.82. The number of carbonyl (C=O) groups excluding carboxylic acids is 2. The maximum atomic E-state index is 13.2. The Bertz CT molecular complexity index is 1380. The van der Waals surface area contributed by atoms with Crippen LogP contribution >= 0.6 is 0 Å². The number of alkyl halides is 3. The van der Waals surface area contributed by atoms with E-state index in [4.69, 9.17) is 0 Å². The summed E-state index contributed by atoms with van der Waals surface area (Å²) in [4.78, 5) is 29.3.